The smallest absolute Gasteiger partial charge is 0.304 e. The fourth-order valence-corrected chi connectivity index (χ4v) is 0.671. The molecule has 0 saturated carbocycles. The van der Waals surface area contributed by atoms with Gasteiger partial charge in [-0.3, -0.25) is 0 Å². The molecular weight excluding hydrogens is 151 g/mol. The molecule has 0 aliphatic rings. The van der Waals surface area contributed by atoms with Crippen LogP contribution in [0.2, 0.25) is 0 Å². The van der Waals surface area contributed by atoms with Gasteiger partial charge in [0.1, 0.15) is 0 Å². The Balaban J connectivity index is 0. The summed E-state index contributed by atoms with van der Waals surface area (Å²) in [5.74, 6) is 0. The van der Waals surface area contributed by atoms with Gasteiger partial charge in [0.2, 0.25) is 0 Å². The molecule has 0 unspecified atom stereocenters. The molecule has 2 heteroatoms. The summed E-state index contributed by atoms with van der Waals surface area (Å²) in [6, 6.07) is 0. The van der Waals surface area contributed by atoms with Gasteiger partial charge in [-0.2, -0.15) is 0 Å². The summed E-state index contributed by atoms with van der Waals surface area (Å²) < 4.78 is 0. The number of rotatable bonds is 3. The zero-order chi connectivity index (χ0) is 5.70. The van der Waals surface area contributed by atoms with Crippen LogP contribution in [-0.2, 0) is 19.5 Å². The number of hydrogen-bond donors (Lipinski definition) is 0. The molecule has 0 aromatic heterocycles. The average Bonchev–Trinajstić information content (AvgIpc) is 1.72. The van der Waals surface area contributed by atoms with E-state index in [1.54, 1.807) is 0 Å². The van der Waals surface area contributed by atoms with E-state index in [2.05, 4.69) is 25.7 Å². The molecule has 0 bridgehead atoms. The third-order valence-corrected chi connectivity index (χ3v) is 1.34. The van der Waals surface area contributed by atoms with Crippen molar-refractivity contribution in [1.29, 1.82) is 0 Å². The Hall–Kier alpha value is 0.583. The van der Waals surface area contributed by atoms with Crippen molar-refractivity contribution < 1.29 is 19.5 Å². The van der Waals surface area contributed by atoms with E-state index in [-0.39, 0.29) is 19.5 Å². The van der Waals surface area contributed by atoms with Gasteiger partial charge in [-0.15, -0.1) is 0 Å². The van der Waals surface area contributed by atoms with E-state index in [0.29, 0.717) is 0 Å². The van der Waals surface area contributed by atoms with E-state index in [0.717, 1.165) is 0 Å². The van der Waals surface area contributed by atoms with Crippen LogP contribution in [-0.4, -0.2) is 24.5 Å². The second-order valence-electron chi connectivity index (χ2n) is 1.62. The molecule has 0 atom stereocenters. The molecule has 0 N–H and O–H groups in total. The Kier molecular flexibility index (Phi) is 10.8. The summed E-state index contributed by atoms with van der Waals surface area (Å²) >= 11 is 0. The summed E-state index contributed by atoms with van der Waals surface area (Å²) in [6.45, 7) is 10.1. The molecular formula is C6H15NZn+2. The fourth-order valence-electron chi connectivity index (χ4n) is 0.671. The Bertz CT molecular complexity index is 30.0. The first-order valence-electron chi connectivity index (χ1n) is 3.07. The average molecular weight is 167 g/mol. The van der Waals surface area contributed by atoms with Gasteiger partial charge in [-0.1, -0.05) is 20.8 Å². The maximum Gasteiger partial charge on any atom is 2.00 e. The van der Waals surface area contributed by atoms with E-state index in [1.807, 2.05) is 0 Å². The van der Waals surface area contributed by atoms with Crippen molar-refractivity contribution in [1.82, 2.24) is 4.90 Å². The molecule has 8 heavy (non-hydrogen) atoms. The van der Waals surface area contributed by atoms with Gasteiger partial charge in [0.05, 0.1) is 0 Å². The monoisotopic (exact) mass is 165 g/mol. The predicted molar refractivity (Wildman–Crippen MR) is 33.5 cm³/mol. The Morgan fingerprint density at radius 2 is 1.12 bits per heavy atom. The minimum absolute atomic E-state index is 0. The SMILES string of the molecule is CCN(CC)CC.[Zn+2]. The summed E-state index contributed by atoms with van der Waals surface area (Å²) in [4.78, 5) is 2.38. The van der Waals surface area contributed by atoms with Crippen LogP contribution in [0.5, 0.6) is 0 Å². The largest absolute Gasteiger partial charge is 2.00 e. The number of nitrogens with zero attached hydrogens (tertiary/aromatic N) is 1. The van der Waals surface area contributed by atoms with Crippen LogP contribution in [0.15, 0.2) is 0 Å². The van der Waals surface area contributed by atoms with Gasteiger partial charge < -0.3 is 4.90 Å². The predicted octanol–water partition coefficient (Wildman–Crippen LogP) is 1.35. The summed E-state index contributed by atoms with van der Waals surface area (Å²) in [5, 5.41) is 0. The molecule has 0 saturated heterocycles. The Labute approximate surface area is 65.2 Å². The second-order valence-corrected chi connectivity index (χ2v) is 1.62. The van der Waals surface area contributed by atoms with Gasteiger partial charge in [0.15, 0.2) is 0 Å². The van der Waals surface area contributed by atoms with Crippen LogP contribution in [0.3, 0.4) is 0 Å². The first-order chi connectivity index (χ1) is 3.35. The van der Waals surface area contributed by atoms with Crippen LogP contribution in [0.1, 0.15) is 20.8 Å². The molecule has 0 aliphatic heterocycles. The number of hydrogen-bond acceptors (Lipinski definition) is 1. The van der Waals surface area contributed by atoms with E-state index >= 15 is 0 Å². The standard InChI is InChI=1S/C6H15N.Zn/c1-4-7(5-2)6-3;/h4-6H2,1-3H3;/q;+2. The molecule has 0 fully saturated rings. The van der Waals surface area contributed by atoms with Crippen molar-refractivity contribution in [2.45, 2.75) is 20.8 Å². The van der Waals surface area contributed by atoms with E-state index in [1.165, 1.54) is 19.6 Å². The first-order valence-corrected chi connectivity index (χ1v) is 3.07. The quantitative estimate of drug-likeness (QED) is 0.572. The van der Waals surface area contributed by atoms with Crippen molar-refractivity contribution in [2.24, 2.45) is 0 Å². The third kappa shape index (κ3) is 4.74. The molecule has 1 nitrogen and oxygen atoms in total. The van der Waals surface area contributed by atoms with Crippen LogP contribution in [0, 0.1) is 0 Å². The summed E-state index contributed by atoms with van der Waals surface area (Å²) in [7, 11) is 0. The maximum absolute atomic E-state index is 2.38. The molecule has 0 rings (SSSR count). The fraction of sp³-hybridized carbons (Fsp3) is 1.00. The zero-order valence-corrected chi connectivity index (χ0v) is 9.24. The van der Waals surface area contributed by atoms with Gasteiger partial charge in [-0.05, 0) is 19.6 Å². The van der Waals surface area contributed by atoms with Gasteiger partial charge in [0, 0.05) is 0 Å². The molecule has 0 amide bonds. The minimum atomic E-state index is 0. The van der Waals surface area contributed by atoms with Crippen molar-refractivity contribution in [3.63, 3.8) is 0 Å². The van der Waals surface area contributed by atoms with Crippen molar-refractivity contribution in [3.8, 4) is 0 Å². The van der Waals surface area contributed by atoms with E-state index < -0.39 is 0 Å². The van der Waals surface area contributed by atoms with Gasteiger partial charge >= 0.3 is 19.5 Å². The van der Waals surface area contributed by atoms with Gasteiger partial charge in [-0.25, -0.2) is 0 Å². The van der Waals surface area contributed by atoms with Gasteiger partial charge in [0.25, 0.3) is 0 Å². The van der Waals surface area contributed by atoms with Crippen molar-refractivity contribution >= 4 is 0 Å². The summed E-state index contributed by atoms with van der Waals surface area (Å²) in [5.41, 5.74) is 0. The molecule has 0 aromatic carbocycles. The molecule has 44 valence electrons. The van der Waals surface area contributed by atoms with E-state index in [9.17, 15) is 0 Å². The Morgan fingerprint density at radius 1 is 0.875 bits per heavy atom. The first kappa shape index (κ1) is 11.4. The van der Waals surface area contributed by atoms with Crippen LogP contribution in [0.4, 0.5) is 0 Å². The molecule has 0 aliphatic carbocycles. The molecule has 0 spiro atoms. The normalized spacial score (nSPS) is 9.00. The molecule has 0 heterocycles. The Morgan fingerprint density at radius 3 is 1.12 bits per heavy atom. The molecule has 0 radical (unpaired) electrons. The van der Waals surface area contributed by atoms with Crippen LogP contribution in [0.25, 0.3) is 0 Å². The maximum atomic E-state index is 2.38. The van der Waals surface area contributed by atoms with Crippen LogP contribution >= 0.6 is 0 Å². The van der Waals surface area contributed by atoms with Crippen molar-refractivity contribution in [2.75, 3.05) is 19.6 Å². The third-order valence-electron chi connectivity index (χ3n) is 1.34. The zero-order valence-electron chi connectivity index (χ0n) is 6.28. The van der Waals surface area contributed by atoms with Crippen molar-refractivity contribution in [3.05, 3.63) is 0 Å². The topological polar surface area (TPSA) is 3.24 Å². The molecule has 0 aromatic rings. The minimum Gasteiger partial charge on any atom is -0.304 e. The van der Waals surface area contributed by atoms with Crippen LogP contribution < -0.4 is 0 Å². The van der Waals surface area contributed by atoms with E-state index in [4.69, 9.17) is 0 Å². The summed E-state index contributed by atoms with van der Waals surface area (Å²) in [6.07, 6.45) is 0. The second kappa shape index (κ2) is 7.58.